The Balaban J connectivity index is 3.45. The lowest BCUT2D eigenvalue weighted by atomic mass is 10.3. The third kappa shape index (κ3) is 5.43. The first kappa shape index (κ1) is 20.9. The minimum atomic E-state index is -1.01. The van der Waals surface area contributed by atoms with Crippen molar-refractivity contribution in [1.82, 2.24) is 9.13 Å². The van der Waals surface area contributed by atoms with Gasteiger partial charge in [-0.3, -0.25) is 14.2 Å². The minimum absolute atomic E-state index is 0.00376. The lowest BCUT2D eigenvalue weighted by Crippen LogP contribution is -2.41. The summed E-state index contributed by atoms with van der Waals surface area (Å²) in [6.07, 6.45) is 1.79. The number of esters is 3. The van der Waals surface area contributed by atoms with Gasteiger partial charge in [0.25, 0.3) is 5.56 Å². The Labute approximate surface area is 148 Å². The van der Waals surface area contributed by atoms with Crippen LogP contribution in [0.5, 0.6) is 0 Å². The molecule has 1 rings (SSSR count). The maximum absolute atomic E-state index is 12.5. The van der Waals surface area contributed by atoms with E-state index in [0.717, 1.165) is 22.9 Å². The molecule has 0 bridgehead atoms. The molecule has 0 atom stereocenters. The second kappa shape index (κ2) is 9.97. The zero-order chi connectivity index (χ0) is 19.7. The van der Waals surface area contributed by atoms with Crippen molar-refractivity contribution in [1.29, 1.82) is 0 Å². The predicted octanol–water partition coefficient (Wildman–Crippen LogP) is -0.460. The smallest absolute Gasteiger partial charge is 0.355 e. The van der Waals surface area contributed by atoms with Gasteiger partial charge in [-0.25, -0.2) is 19.0 Å². The molecule has 0 aliphatic rings. The molecule has 0 radical (unpaired) electrons. The lowest BCUT2D eigenvalue weighted by molar-refractivity contribution is -0.144. The summed E-state index contributed by atoms with van der Waals surface area (Å²) in [6.45, 7) is 4.18. The van der Waals surface area contributed by atoms with E-state index in [4.69, 9.17) is 14.2 Å². The molecule has 1 aromatic heterocycles. The van der Waals surface area contributed by atoms with Crippen LogP contribution < -0.4 is 11.2 Å². The molecule has 26 heavy (non-hydrogen) atoms. The van der Waals surface area contributed by atoms with Crippen molar-refractivity contribution in [3.05, 3.63) is 39.2 Å². The number of carbonyl (C=O) groups excluding carboxylic acids is 3. The maximum atomic E-state index is 12.5. The summed E-state index contributed by atoms with van der Waals surface area (Å²) in [4.78, 5) is 59.8. The molecule has 10 heteroatoms. The molecule has 0 saturated carbocycles. The summed E-state index contributed by atoms with van der Waals surface area (Å²) in [5.41, 5.74) is -2.22. The van der Waals surface area contributed by atoms with Crippen LogP contribution in [0.4, 0.5) is 0 Å². The average Bonchev–Trinajstić information content (AvgIpc) is 2.58. The van der Waals surface area contributed by atoms with Gasteiger partial charge in [0, 0.05) is 12.3 Å². The molecule has 10 nitrogen and oxygen atoms in total. The van der Waals surface area contributed by atoms with Crippen molar-refractivity contribution >= 4 is 23.6 Å². The molecule has 0 amide bonds. The average molecular weight is 368 g/mol. The first-order valence-corrected chi connectivity index (χ1v) is 7.89. The lowest BCUT2D eigenvalue weighted by Gasteiger charge is -2.12. The van der Waals surface area contributed by atoms with Crippen LogP contribution in [0.25, 0.3) is 5.70 Å². The Morgan fingerprint density at radius 2 is 1.62 bits per heavy atom. The Bertz CT molecular complexity index is 818. The number of hydrogen-bond acceptors (Lipinski definition) is 8. The van der Waals surface area contributed by atoms with Crippen LogP contribution in [-0.4, -0.2) is 46.9 Å². The minimum Gasteiger partial charge on any atom is -0.465 e. The van der Waals surface area contributed by atoms with Crippen LogP contribution in [0.3, 0.4) is 0 Å². The highest BCUT2D eigenvalue weighted by molar-refractivity contribution is 6.14. The molecule has 1 heterocycles. The summed E-state index contributed by atoms with van der Waals surface area (Å²) < 4.78 is 15.6. The van der Waals surface area contributed by atoms with Crippen molar-refractivity contribution in [3.8, 4) is 0 Å². The second-order valence-corrected chi connectivity index (χ2v) is 4.70. The molecule has 0 aromatic carbocycles. The zero-order valence-corrected chi connectivity index (χ0v) is 14.7. The first-order chi connectivity index (χ1) is 12.3. The Kier molecular flexibility index (Phi) is 8.00. The van der Waals surface area contributed by atoms with Gasteiger partial charge in [0.15, 0.2) is 0 Å². The van der Waals surface area contributed by atoms with Gasteiger partial charge in [0.05, 0.1) is 25.9 Å². The van der Waals surface area contributed by atoms with E-state index < -0.39 is 41.4 Å². The molecule has 0 spiro atoms. The molecule has 0 fully saturated rings. The highest BCUT2D eigenvalue weighted by Gasteiger charge is 2.20. The largest absolute Gasteiger partial charge is 0.465 e. The van der Waals surface area contributed by atoms with Crippen LogP contribution in [0.15, 0.2) is 27.9 Å². The van der Waals surface area contributed by atoms with Crippen molar-refractivity contribution < 1.29 is 28.6 Å². The van der Waals surface area contributed by atoms with Gasteiger partial charge in [-0.05, 0) is 20.8 Å². The van der Waals surface area contributed by atoms with E-state index in [2.05, 4.69) is 0 Å². The number of ether oxygens (including phenoxy) is 3. The summed E-state index contributed by atoms with van der Waals surface area (Å²) >= 11 is 0. The SMILES string of the molecule is CCOC(=O)C=C(C(=O)OCC)n1ccc(=O)n(CC(=O)OCC)c1=O. The van der Waals surface area contributed by atoms with Gasteiger partial charge in [0.2, 0.25) is 0 Å². The molecular weight excluding hydrogens is 348 g/mol. The van der Waals surface area contributed by atoms with Gasteiger partial charge in [0.1, 0.15) is 12.2 Å². The van der Waals surface area contributed by atoms with Gasteiger partial charge in [-0.1, -0.05) is 0 Å². The third-order valence-electron chi connectivity index (χ3n) is 2.95. The predicted molar refractivity (Wildman–Crippen MR) is 89.1 cm³/mol. The van der Waals surface area contributed by atoms with E-state index in [1.807, 2.05) is 0 Å². The normalized spacial score (nSPS) is 11.0. The van der Waals surface area contributed by atoms with Crippen molar-refractivity contribution in [2.75, 3.05) is 19.8 Å². The summed E-state index contributed by atoms with van der Waals surface area (Å²) in [7, 11) is 0. The summed E-state index contributed by atoms with van der Waals surface area (Å²) in [6, 6.07) is 0.971. The van der Waals surface area contributed by atoms with Crippen LogP contribution in [0.1, 0.15) is 20.8 Å². The number of rotatable bonds is 8. The Hall–Kier alpha value is -3.17. The number of nitrogens with zero attached hydrogens (tertiary/aromatic N) is 2. The fourth-order valence-corrected chi connectivity index (χ4v) is 1.91. The van der Waals surface area contributed by atoms with Gasteiger partial charge < -0.3 is 14.2 Å². The van der Waals surface area contributed by atoms with E-state index in [1.165, 1.54) is 0 Å². The van der Waals surface area contributed by atoms with E-state index in [-0.39, 0.29) is 19.8 Å². The fraction of sp³-hybridized carbons (Fsp3) is 0.438. The number of carbonyl (C=O) groups is 3. The van der Waals surface area contributed by atoms with Gasteiger partial charge >= 0.3 is 23.6 Å². The molecule has 0 unspecified atom stereocenters. The number of hydrogen-bond donors (Lipinski definition) is 0. The van der Waals surface area contributed by atoms with Crippen molar-refractivity contribution in [2.24, 2.45) is 0 Å². The first-order valence-electron chi connectivity index (χ1n) is 7.89. The molecule has 0 aliphatic heterocycles. The highest BCUT2D eigenvalue weighted by atomic mass is 16.5. The van der Waals surface area contributed by atoms with Crippen molar-refractivity contribution in [3.63, 3.8) is 0 Å². The monoisotopic (exact) mass is 368 g/mol. The van der Waals surface area contributed by atoms with Gasteiger partial charge in [-0.15, -0.1) is 0 Å². The summed E-state index contributed by atoms with van der Waals surface area (Å²) in [5.74, 6) is -2.63. The quantitative estimate of drug-likeness (QED) is 0.343. The van der Waals surface area contributed by atoms with E-state index in [0.29, 0.717) is 4.57 Å². The Morgan fingerprint density at radius 3 is 2.19 bits per heavy atom. The van der Waals surface area contributed by atoms with Crippen LogP contribution in [0.2, 0.25) is 0 Å². The fourth-order valence-electron chi connectivity index (χ4n) is 1.91. The molecule has 0 aliphatic carbocycles. The topological polar surface area (TPSA) is 123 Å². The molecule has 0 saturated heterocycles. The van der Waals surface area contributed by atoms with E-state index in [1.54, 1.807) is 20.8 Å². The Morgan fingerprint density at radius 1 is 1.00 bits per heavy atom. The third-order valence-corrected chi connectivity index (χ3v) is 2.95. The molecule has 142 valence electrons. The van der Waals surface area contributed by atoms with Crippen LogP contribution in [-0.2, 0) is 35.1 Å². The maximum Gasteiger partial charge on any atom is 0.355 e. The number of aromatic nitrogens is 2. The highest BCUT2D eigenvalue weighted by Crippen LogP contribution is 2.05. The van der Waals surface area contributed by atoms with Crippen LogP contribution in [0, 0.1) is 0 Å². The summed E-state index contributed by atoms with van der Waals surface area (Å²) in [5, 5.41) is 0. The standard InChI is InChI=1S/C16H20N2O8/c1-4-24-13(20)9-11(15(22)26-6-3)17-8-7-12(19)18(16(17)23)10-14(21)25-5-2/h7-9H,4-6,10H2,1-3H3. The molecule has 1 aromatic rings. The second-order valence-electron chi connectivity index (χ2n) is 4.70. The van der Waals surface area contributed by atoms with Crippen molar-refractivity contribution in [2.45, 2.75) is 27.3 Å². The zero-order valence-electron chi connectivity index (χ0n) is 14.7. The molecular formula is C16H20N2O8. The van der Waals surface area contributed by atoms with Crippen LogP contribution >= 0.6 is 0 Å². The van der Waals surface area contributed by atoms with E-state index in [9.17, 15) is 24.0 Å². The van der Waals surface area contributed by atoms with E-state index >= 15 is 0 Å². The molecule has 0 N–H and O–H groups in total. The van der Waals surface area contributed by atoms with Gasteiger partial charge in [-0.2, -0.15) is 0 Å².